The van der Waals surface area contributed by atoms with Crippen LogP contribution in [0.25, 0.3) is 0 Å². The quantitative estimate of drug-likeness (QED) is 0.163. The number of carbonyl (C=O) groups excluding carboxylic acids is 3. The molecule has 4 aromatic rings. The van der Waals surface area contributed by atoms with Gasteiger partial charge in [0, 0.05) is 28.8 Å². The van der Waals surface area contributed by atoms with E-state index in [9.17, 15) is 24.6 Å². The highest BCUT2D eigenvalue weighted by atomic mass is 79.9. The molecule has 3 aromatic carbocycles. The second kappa shape index (κ2) is 12.3. The van der Waals surface area contributed by atoms with E-state index in [1.165, 1.54) is 35.4 Å². The third kappa shape index (κ3) is 6.29. The Kier molecular flexibility index (Phi) is 8.97. The fourth-order valence-electron chi connectivity index (χ4n) is 5.01. The molecule has 5 rings (SSSR count). The summed E-state index contributed by atoms with van der Waals surface area (Å²) in [6.45, 7) is 7.53. The summed E-state index contributed by atoms with van der Waals surface area (Å²) in [5, 5.41) is 20.6. The Hall–Kier alpha value is -4.30. The molecular formula is C34H32BrNO6. The number of nitrogens with zero attached hydrogens (tertiary/aromatic N) is 1. The van der Waals surface area contributed by atoms with Crippen LogP contribution in [-0.4, -0.2) is 34.4 Å². The Morgan fingerprint density at radius 2 is 1.48 bits per heavy atom. The highest BCUT2D eigenvalue weighted by Crippen LogP contribution is 2.37. The number of halogens is 1. The highest BCUT2D eigenvalue weighted by molar-refractivity contribution is 6.30. The SMILES string of the molecule is CC(C)(C)c1ccc(C[n+]2ccc(CCCOC(=O)c3cc(O)c4c(c3)C(=O)c3cccc(O)c3C4=O)cc2)cc1.[Br-]. The van der Waals surface area contributed by atoms with Crippen molar-refractivity contribution >= 4 is 17.5 Å². The molecule has 1 aromatic heterocycles. The van der Waals surface area contributed by atoms with E-state index in [0.717, 1.165) is 18.2 Å². The van der Waals surface area contributed by atoms with E-state index >= 15 is 0 Å². The summed E-state index contributed by atoms with van der Waals surface area (Å²) in [5.41, 5.74) is 3.28. The van der Waals surface area contributed by atoms with Crippen LogP contribution in [-0.2, 0) is 23.1 Å². The smallest absolute Gasteiger partial charge is 0.338 e. The highest BCUT2D eigenvalue weighted by Gasteiger charge is 2.35. The van der Waals surface area contributed by atoms with Crippen molar-refractivity contribution in [2.75, 3.05) is 6.61 Å². The number of phenolic OH excluding ortho intramolecular Hbond substituents is 2. The van der Waals surface area contributed by atoms with Gasteiger partial charge in [-0.2, -0.15) is 0 Å². The number of esters is 1. The molecule has 0 aliphatic heterocycles. The maximum Gasteiger partial charge on any atom is 0.338 e. The molecule has 0 unspecified atom stereocenters. The van der Waals surface area contributed by atoms with Crippen molar-refractivity contribution in [3.63, 3.8) is 0 Å². The van der Waals surface area contributed by atoms with Crippen molar-refractivity contribution in [2.45, 2.75) is 45.6 Å². The first-order valence-electron chi connectivity index (χ1n) is 13.6. The molecule has 0 saturated carbocycles. The number of fused-ring (bicyclic) bond motifs is 2. The summed E-state index contributed by atoms with van der Waals surface area (Å²) in [7, 11) is 0. The Labute approximate surface area is 255 Å². The van der Waals surface area contributed by atoms with Crippen molar-refractivity contribution in [1.82, 2.24) is 0 Å². The van der Waals surface area contributed by atoms with E-state index in [1.54, 1.807) is 0 Å². The van der Waals surface area contributed by atoms with E-state index in [1.807, 2.05) is 24.5 Å². The lowest BCUT2D eigenvalue weighted by atomic mass is 9.82. The number of aromatic nitrogens is 1. The molecule has 7 nitrogen and oxygen atoms in total. The van der Waals surface area contributed by atoms with Crippen molar-refractivity contribution in [1.29, 1.82) is 0 Å². The molecule has 0 atom stereocenters. The average molecular weight is 631 g/mol. The van der Waals surface area contributed by atoms with Gasteiger partial charge in [0.05, 0.1) is 23.3 Å². The third-order valence-electron chi connectivity index (χ3n) is 7.33. The zero-order valence-electron chi connectivity index (χ0n) is 23.7. The Balaban J connectivity index is 0.00000405. The zero-order valence-corrected chi connectivity index (χ0v) is 25.3. The third-order valence-corrected chi connectivity index (χ3v) is 7.33. The molecule has 0 saturated heterocycles. The topological polar surface area (TPSA) is 105 Å². The molecule has 2 N–H and O–H groups in total. The van der Waals surface area contributed by atoms with Gasteiger partial charge in [-0.1, -0.05) is 57.2 Å². The normalized spacial score (nSPS) is 12.3. The second-order valence-electron chi connectivity index (χ2n) is 11.3. The number of ether oxygens (including phenoxy) is 1. The monoisotopic (exact) mass is 629 g/mol. The summed E-state index contributed by atoms with van der Waals surface area (Å²) in [6, 6.07) is 19.3. The van der Waals surface area contributed by atoms with Gasteiger partial charge in [-0.15, -0.1) is 0 Å². The molecule has 42 heavy (non-hydrogen) atoms. The number of pyridine rings is 1. The summed E-state index contributed by atoms with van der Waals surface area (Å²) in [5.74, 6) is -2.78. The number of aryl methyl sites for hydroxylation is 1. The Morgan fingerprint density at radius 3 is 2.14 bits per heavy atom. The van der Waals surface area contributed by atoms with Crippen molar-refractivity contribution in [3.8, 4) is 11.5 Å². The van der Waals surface area contributed by atoms with Gasteiger partial charge in [-0.3, -0.25) is 9.59 Å². The first-order chi connectivity index (χ1) is 19.5. The molecule has 0 spiro atoms. The molecule has 1 aliphatic rings. The predicted molar refractivity (Wildman–Crippen MR) is 153 cm³/mol. The lowest BCUT2D eigenvalue weighted by Crippen LogP contribution is -3.00. The molecule has 0 radical (unpaired) electrons. The molecule has 216 valence electrons. The van der Waals surface area contributed by atoms with Crippen LogP contribution in [0.3, 0.4) is 0 Å². The van der Waals surface area contributed by atoms with Crippen LogP contribution in [0.15, 0.2) is 79.1 Å². The van der Waals surface area contributed by atoms with Crippen LogP contribution in [0.1, 0.15) is 86.1 Å². The van der Waals surface area contributed by atoms with Crippen LogP contribution < -0.4 is 21.5 Å². The van der Waals surface area contributed by atoms with Crippen molar-refractivity contribution in [3.05, 3.63) is 124 Å². The number of rotatable bonds is 7. The van der Waals surface area contributed by atoms with Crippen LogP contribution >= 0.6 is 0 Å². The number of benzene rings is 3. The lowest BCUT2D eigenvalue weighted by molar-refractivity contribution is -0.688. The molecule has 0 amide bonds. The fourth-order valence-corrected chi connectivity index (χ4v) is 5.01. The van der Waals surface area contributed by atoms with E-state index in [0.29, 0.717) is 12.8 Å². The number of hydrogen-bond donors (Lipinski definition) is 2. The van der Waals surface area contributed by atoms with Crippen LogP contribution in [0.5, 0.6) is 11.5 Å². The average Bonchev–Trinajstić information content (AvgIpc) is 2.94. The molecule has 0 fully saturated rings. The largest absolute Gasteiger partial charge is 1.00 e. The van der Waals surface area contributed by atoms with E-state index in [4.69, 9.17) is 4.74 Å². The molecule has 1 aliphatic carbocycles. The maximum atomic E-state index is 13.0. The molecule has 8 heteroatoms. The fraction of sp³-hybridized carbons (Fsp3) is 0.235. The number of ketones is 2. The van der Waals surface area contributed by atoms with Gasteiger partial charge >= 0.3 is 5.97 Å². The van der Waals surface area contributed by atoms with Gasteiger partial charge in [0.1, 0.15) is 11.5 Å². The van der Waals surface area contributed by atoms with Crippen molar-refractivity contribution < 1.29 is 50.9 Å². The number of phenols is 2. The molecule has 1 heterocycles. The summed E-state index contributed by atoms with van der Waals surface area (Å²) in [6.07, 6.45) is 5.36. The maximum absolute atomic E-state index is 13.0. The van der Waals surface area contributed by atoms with E-state index in [-0.39, 0.29) is 62.6 Å². The van der Waals surface area contributed by atoms with Crippen molar-refractivity contribution in [2.24, 2.45) is 0 Å². The first-order valence-corrected chi connectivity index (χ1v) is 13.6. The summed E-state index contributed by atoms with van der Waals surface area (Å²) >= 11 is 0. The summed E-state index contributed by atoms with van der Waals surface area (Å²) < 4.78 is 7.51. The Morgan fingerprint density at radius 1 is 0.810 bits per heavy atom. The van der Waals surface area contributed by atoms with Gasteiger partial charge in [0.15, 0.2) is 24.7 Å². The minimum absolute atomic E-state index is 0. The minimum atomic E-state index is -0.701. The zero-order chi connectivity index (χ0) is 29.3. The Bertz CT molecular complexity index is 1650. The van der Waals surface area contributed by atoms with E-state index < -0.39 is 23.3 Å². The predicted octanol–water partition coefficient (Wildman–Crippen LogP) is 2.30. The number of hydrogen-bond acceptors (Lipinski definition) is 6. The van der Waals surface area contributed by atoms with Gasteiger partial charge in [0.25, 0.3) is 0 Å². The molecular weight excluding hydrogens is 598 g/mol. The van der Waals surface area contributed by atoms with Gasteiger partial charge in [0.2, 0.25) is 5.78 Å². The number of carbonyl (C=O) groups is 3. The first kappa shape index (κ1) is 30.7. The molecule has 0 bridgehead atoms. The minimum Gasteiger partial charge on any atom is -1.00 e. The van der Waals surface area contributed by atoms with Gasteiger partial charge in [-0.25, -0.2) is 9.36 Å². The van der Waals surface area contributed by atoms with Crippen LogP contribution in [0.4, 0.5) is 0 Å². The van der Waals surface area contributed by atoms with Gasteiger partial charge < -0.3 is 31.9 Å². The standard InChI is InChI=1S/C34H31NO6.BrH/c1-34(2,3)24-11-9-22(10-12-24)20-35-15-13-21(14-16-35)6-5-17-41-33(40)23-18-26-30(28(37)19-23)32(39)29-25(31(26)38)7-4-8-27(29)36;/h4,7-16,18-19H,5-6,17,20H2,1-3H3,(H-,36,37,39);1H. The number of aromatic hydroxyl groups is 2. The van der Waals surface area contributed by atoms with Gasteiger partial charge in [-0.05, 0) is 47.6 Å². The van der Waals surface area contributed by atoms with E-state index in [2.05, 4.69) is 49.6 Å². The summed E-state index contributed by atoms with van der Waals surface area (Å²) in [4.78, 5) is 38.6. The van der Waals surface area contributed by atoms with Crippen LogP contribution in [0, 0.1) is 0 Å². The lowest BCUT2D eigenvalue weighted by Gasteiger charge is -2.19. The second-order valence-corrected chi connectivity index (χ2v) is 11.3. The van der Waals surface area contributed by atoms with Crippen LogP contribution in [0.2, 0.25) is 0 Å².